The first-order chi connectivity index (χ1) is 12.1. The molecule has 126 valence electrons. The number of esters is 1. The number of ether oxygens (including phenoxy) is 2. The first-order valence-corrected chi connectivity index (χ1v) is 7.38. The molecular formula is C18H15N2O5+. The molecule has 0 radical (unpaired) electrons. The fourth-order valence-corrected chi connectivity index (χ4v) is 2.36. The zero-order valence-electron chi connectivity index (χ0n) is 13.6. The largest absolute Gasteiger partial charge is 0.465 e. The van der Waals surface area contributed by atoms with E-state index in [1.807, 2.05) is 24.3 Å². The van der Waals surface area contributed by atoms with E-state index >= 15 is 0 Å². The maximum absolute atomic E-state index is 11.9. The molecule has 0 fully saturated rings. The average molecular weight is 339 g/mol. The molecule has 0 saturated carbocycles. The van der Waals surface area contributed by atoms with Crippen LogP contribution < -0.4 is 4.74 Å². The molecule has 1 aromatic heterocycles. The van der Waals surface area contributed by atoms with Crippen LogP contribution in [0.2, 0.25) is 0 Å². The van der Waals surface area contributed by atoms with E-state index in [1.165, 1.54) is 26.4 Å². The highest BCUT2D eigenvalue weighted by molar-refractivity contribution is 5.94. The fourth-order valence-electron chi connectivity index (χ4n) is 2.36. The van der Waals surface area contributed by atoms with Crippen LogP contribution in [0.15, 0.2) is 54.7 Å². The van der Waals surface area contributed by atoms with Gasteiger partial charge in [-0.3, -0.25) is 4.98 Å². The summed E-state index contributed by atoms with van der Waals surface area (Å²) in [7, 11) is 2.44. The van der Waals surface area contributed by atoms with Crippen LogP contribution in [0.4, 0.5) is 5.69 Å². The minimum absolute atomic E-state index is 0.0319. The maximum Gasteiger partial charge on any atom is 0.345 e. The van der Waals surface area contributed by atoms with Crippen LogP contribution in [-0.2, 0) is 9.57 Å². The molecule has 0 atom stereocenters. The Morgan fingerprint density at radius 2 is 1.80 bits per heavy atom. The van der Waals surface area contributed by atoms with Crippen molar-refractivity contribution >= 4 is 22.6 Å². The van der Waals surface area contributed by atoms with Crippen LogP contribution in [0.1, 0.15) is 10.4 Å². The van der Waals surface area contributed by atoms with Crippen molar-refractivity contribution in [3.63, 3.8) is 0 Å². The van der Waals surface area contributed by atoms with Gasteiger partial charge in [0.05, 0.1) is 17.5 Å². The molecular weight excluding hydrogens is 324 g/mol. The van der Waals surface area contributed by atoms with Crippen molar-refractivity contribution < 1.29 is 24.0 Å². The Morgan fingerprint density at radius 1 is 1.04 bits per heavy atom. The predicted octanol–water partition coefficient (Wildman–Crippen LogP) is 3.79. The number of aromatic nitrogens is 1. The number of hydrogen-bond acceptors (Lipinski definition) is 6. The minimum Gasteiger partial charge on any atom is -0.465 e. The second kappa shape index (κ2) is 6.96. The summed E-state index contributed by atoms with van der Waals surface area (Å²) in [6, 6.07) is 13.6. The van der Waals surface area contributed by atoms with E-state index in [0.717, 1.165) is 10.9 Å². The minimum atomic E-state index is -0.666. The van der Waals surface area contributed by atoms with Crippen molar-refractivity contribution in [3.05, 3.63) is 65.2 Å². The number of benzene rings is 2. The molecule has 0 unspecified atom stereocenters. The van der Waals surface area contributed by atoms with Crippen molar-refractivity contribution in [2.75, 3.05) is 14.2 Å². The van der Waals surface area contributed by atoms with Crippen LogP contribution in [-0.4, -0.2) is 30.1 Å². The molecule has 3 aromatic rings. The van der Waals surface area contributed by atoms with Gasteiger partial charge in [-0.2, -0.15) is 0 Å². The molecule has 7 heteroatoms. The van der Waals surface area contributed by atoms with E-state index in [4.69, 9.17) is 9.47 Å². The standard InChI is InChI=1S/C18H15N2O5/c1-23-18(21)15-11-14(6-8-17(15)20(22)24-2)25-13-5-7-16-12(10-13)4-3-9-19-16/h3-11H,1-2H3/q+1. The van der Waals surface area contributed by atoms with Gasteiger partial charge in [0.15, 0.2) is 7.11 Å². The monoisotopic (exact) mass is 339 g/mol. The normalized spacial score (nSPS) is 10.3. The summed E-state index contributed by atoms with van der Waals surface area (Å²) in [5.74, 6) is 0.299. The Labute approximate surface area is 143 Å². The number of fused-ring (bicyclic) bond motifs is 1. The highest BCUT2D eigenvalue weighted by Gasteiger charge is 2.27. The number of nitrogens with zero attached hydrogens (tertiary/aromatic N) is 2. The second-order valence-corrected chi connectivity index (χ2v) is 5.07. The fraction of sp³-hybridized carbons (Fsp3) is 0.111. The van der Waals surface area contributed by atoms with Gasteiger partial charge < -0.3 is 9.47 Å². The summed E-state index contributed by atoms with van der Waals surface area (Å²) in [6.45, 7) is 0. The Hall–Kier alpha value is -3.48. The summed E-state index contributed by atoms with van der Waals surface area (Å²) < 4.78 is 10.5. The van der Waals surface area contributed by atoms with Gasteiger partial charge in [0.1, 0.15) is 17.1 Å². The zero-order valence-corrected chi connectivity index (χ0v) is 13.6. The SMILES string of the molecule is COC(=O)c1cc(Oc2ccc3ncccc3c2)ccc1[N+](=O)OC. The Morgan fingerprint density at radius 3 is 2.56 bits per heavy atom. The molecule has 0 saturated heterocycles. The van der Waals surface area contributed by atoms with Crippen molar-refractivity contribution in [2.24, 2.45) is 0 Å². The third kappa shape index (κ3) is 3.40. The van der Waals surface area contributed by atoms with Gasteiger partial charge in [0.25, 0.3) is 4.92 Å². The lowest BCUT2D eigenvalue weighted by Crippen LogP contribution is -2.08. The number of pyridine rings is 1. The lowest BCUT2D eigenvalue weighted by molar-refractivity contribution is -0.736. The Kier molecular flexibility index (Phi) is 4.56. The molecule has 25 heavy (non-hydrogen) atoms. The van der Waals surface area contributed by atoms with Gasteiger partial charge in [-0.25, -0.2) is 9.63 Å². The van der Waals surface area contributed by atoms with Crippen molar-refractivity contribution in [1.82, 2.24) is 4.98 Å². The number of rotatable bonds is 5. The molecule has 0 spiro atoms. The lowest BCUT2D eigenvalue weighted by Gasteiger charge is -2.08. The number of carbonyl (C=O) groups is 1. The molecule has 7 nitrogen and oxygen atoms in total. The van der Waals surface area contributed by atoms with E-state index in [1.54, 1.807) is 18.3 Å². The lowest BCUT2D eigenvalue weighted by atomic mass is 10.1. The molecule has 1 heterocycles. The number of methoxy groups -OCH3 is 1. The van der Waals surface area contributed by atoms with Crippen LogP contribution >= 0.6 is 0 Å². The topological polar surface area (TPSA) is 77.7 Å². The molecule has 0 aliphatic rings. The van der Waals surface area contributed by atoms with E-state index in [9.17, 15) is 9.70 Å². The van der Waals surface area contributed by atoms with E-state index in [-0.39, 0.29) is 16.2 Å². The van der Waals surface area contributed by atoms with Gasteiger partial charge in [-0.15, -0.1) is 0 Å². The smallest absolute Gasteiger partial charge is 0.345 e. The van der Waals surface area contributed by atoms with E-state index in [2.05, 4.69) is 9.82 Å². The highest BCUT2D eigenvalue weighted by atomic mass is 16.8. The summed E-state index contributed by atoms with van der Waals surface area (Å²) in [6.07, 6.45) is 1.72. The molecule has 0 N–H and O–H groups in total. The number of hydrogen-bond donors (Lipinski definition) is 0. The van der Waals surface area contributed by atoms with Crippen molar-refractivity contribution in [2.45, 2.75) is 0 Å². The van der Waals surface area contributed by atoms with Crippen LogP contribution in [0, 0.1) is 4.91 Å². The summed E-state index contributed by atoms with van der Waals surface area (Å²) in [4.78, 5) is 32.7. The first-order valence-electron chi connectivity index (χ1n) is 7.38. The van der Waals surface area contributed by atoms with Crippen molar-refractivity contribution in [1.29, 1.82) is 0 Å². The van der Waals surface area contributed by atoms with Gasteiger partial charge in [-0.05, 0) is 30.3 Å². The van der Waals surface area contributed by atoms with Crippen LogP contribution in [0.25, 0.3) is 10.9 Å². The Balaban J connectivity index is 1.96. The zero-order chi connectivity index (χ0) is 17.8. The highest BCUT2D eigenvalue weighted by Crippen LogP contribution is 2.29. The van der Waals surface area contributed by atoms with Crippen molar-refractivity contribution in [3.8, 4) is 11.5 Å². The molecule has 0 aliphatic heterocycles. The maximum atomic E-state index is 11.9. The molecule has 3 rings (SSSR count). The van der Waals surface area contributed by atoms with Gasteiger partial charge >= 0.3 is 11.7 Å². The average Bonchev–Trinajstić information content (AvgIpc) is 2.66. The predicted molar refractivity (Wildman–Crippen MR) is 89.9 cm³/mol. The van der Waals surface area contributed by atoms with Crippen LogP contribution in [0.5, 0.6) is 11.5 Å². The Bertz CT molecular complexity index is 955. The van der Waals surface area contributed by atoms with Gasteiger partial charge in [-0.1, -0.05) is 6.07 Å². The van der Waals surface area contributed by atoms with Gasteiger partial charge in [0, 0.05) is 23.7 Å². The van der Waals surface area contributed by atoms with E-state index < -0.39 is 5.97 Å². The molecule has 0 aliphatic carbocycles. The summed E-state index contributed by atoms with van der Waals surface area (Å²) in [5.41, 5.74) is 0.922. The molecule has 0 amide bonds. The third-order valence-electron chi connectivity index (χ3n) is 3.55. The third-order valence-corrected chi connectivity index (χ3v) is 3.55. The van der Waals surface area contributed by atoms with E-state index in [0.29, 0.717) is 11.5 Å². The molecule has 0 bridgehead atoms. The summed E-state index contributed by atoms with van der Waals surface area (Å²) in [5, 5.41) is 0.926. The van der Waals surface area contributed by atoms with Crippen LogP contribution in [0.3, 0.4) is 0 Å². The van der Waals surface area contributed by atoms with Gasteiger partial charge in [0.2, 0.25) is 0 Å². The molecule has 2 aromatic carbocycles. The first kappa shape index (κ1) is 16.4. The second-order valence-electron chi connectivity index (χ2n) is 5.07. The number of carbonyl (C=O) groups excluding carboxylic acids is 1. The quantitative estimate of drug-likeness (QED) is 0.520. The summed E-state index contributed by atoms with van der Waals surface area (Å²) >= 11 is 0.